The summed E-state index contributed by atoms with van der Waals surface area (Å²) in [5.41, 5.74) is -3.88. The number of benzene rings is 1. The summed E-state index contributed by atoms with van der Waals surface area (Å²) in [4.78, 5) is 14.3. The maximum absolute atomic E-state index is 13.3. The number of hydrogen-bond donors (Lipinski definition) is 2. The fourth-order valence-electron chi connectivity index (χ4n) is 2.01. The first-order chi connectivity index (χ1) is 9.71. The molecule has 0 aliphatic carbocycles. The lowest BCUT2D eigenvalue weighted by Gasteiger charge is -2.27. The Balaban J connectivity index is 2.70. The summed E-state index contributed by atoms with van der Waals surface area (Å²) in [6, 6.07) is 4.72. The highest BCUT2D eigenvalue weighted by molar-refractivity contribution is 14.1. The molecule has 1 aromatic carbocycles. The quantitative estimate of drug-likeness (QED) is 0.601. The second-order valence-electron chi connectivity index (χ2n) is 4.32. The van der Waals surface area contributed by atoms with Crippen LogP contribution in [0.4, 0.5) is 13.2 Å². The lowest BCUT2D eigenvalue weighted by atomic mass is 9.92. The van der Waals surface area contributed by atoms with E-state index in [0.29, 0.717) is 9.09 Å². The summed E-state index contributed by atoms with van der Waals surface area (Å²) in [5, 5.41) is 10.2. The Kier molecular flexibility index (Phi) is 4.20. The van der Waals surface area contributed by atoms with Gasteiger partial charge in [0.2, 0.25) is 0 Å². The number of aromatic nitrogens is 1. The van der Waals surface area contributed by atoms with Crippen LogP contribution in [0, 0.1) is 3.57 Å². The molecule has 0 radical (unpaired) electrons. The molecular weight excluding hydrogens is 402 g/mol. The molecule has 0 saturated heterocycles. The average Bonchev–Trinajstić information content (AvgIpc) is 2.79. The van der Waals surface area contributed by atoms with E-state index in [9.17, 15) is 23.1 Å². The monoisotopic (exact) mass is 413 g/mol. The number of carbonyl (C=O) groups excluding carboxylic acids is 1. The Morgan fingerprint density at radius 3 is 2.67 bits per heavy atom. The number of nitrogens with one attached hydrogen (secondary N) is 1. The Morgan fingerprint density at radius 2 is 2.10 bits per heavy atom. The second kappa shape index (κ2) is 5.48. The van der Waals surface area contributed by atoms with Crippen LogP contribution in [-0.2, 0) is 15.1 Å². The Morgan fingerprint density at radius 1 is 1.43 bits per heavy atom. The summed E-state index contributed by atoms with van der Waals surface area (Å²) in [5.74, 6) is -1.74. The van der Waals surface area contributed by atoms with Crippen molar-refractivity contribution in [3.8, 4) is 0 Å². The van der Waals surface area contributed by atoms with Crippen molar-refractivity contribution in [3.05, 3.63) is 33.5 Å². The molecule has 0 spiro atoms. The van der Waals surface area contributed by atoms with E-state index in [1.807, 2.05) is 22.6 Å². The Labute approximate surface area is 131 Å². The fraction of sp³-hybridized carbons (Fsp3) is 0.308. The van der Waals surface area contributed by atoms with E-state index in [2.05, 4.69) is 9.72 Å². The van der Waals surface area contributed by atoms with Gasteiger partial charge in [0.25, 0.3) is 5.60 Å². The smallest absolute Gasteiger partial charge is 0.432 e. The maximum atomic E-state index is 13.3. The summed E-state index contributed by atoms with van der Waals surface area (Å²) in [7, 11) is 0. The molecule has 114 valence electrons. The van der Waals surface area contributed by atoms with Crippen LogP contribution in [0.5, 0.6) is 0 Å². The molecule has 8 heteroatoms. The third kappa shape index (κ3) is 2.61. The molecule has 1 aromatic heterocycles. The van der Waals surface area contributed by atoms with Crippen LogP contribution in [-0.4, -0.2) is 28.8 Å². The summed E-state index contributed by atoms with van der Waals surface area (Å²) < 4.78 is 45.0. The zero-order valence-corrected chi connectivity index (χ0v) is 12.9. The number of esters is 1. The van der Waals surface area contributed by atoms with Crippen molar-refractivity contribution < 1.29 is 27.8 Å². The minimum atomic E-state index is -5.20. The molecule has 2 aromatic rings. The zero-order valence-electron chi connectivity index (χ0n) is 10.8. The van der Waals surface area contributed by atoms with Crippen LogP contribution in [0.25, 0.3) is 10.9 Å². The molecule has 0 unspecified atom stereocenters. The molecule has 0 fully saturated rings. The molecule has 0 aliphatic rings. The van der Waals surface area contributed by atoms with Gasteiger partial charge in [0.1, 0.15) is 0 Å². The zero-order chi connectivity index (χ0) is 15.8. The van der Waals surface area contributed by atoms with Crippen molar-refractivity contribution >= 4 is 39.5 Å². The molecule has 0 amide bonds. The topological polar surface area (TPSA) is 62.3 Å². The minimum Gasteiger partial charge on any atom is -0.463 e. The molecule has 4 nitrogen and oxygen atoms in total. The normalized spacial score (nSPS) is 15.0. The number of rotatable bonds is 3. The van der Waals surface area contributed by atoms with Crippen molar-refractivity contribution in [2.24, 2.45) is 0 Å². The number of hydrogen-bond acceptors (Lipinski definition) is 3. The minimum absolute atomic E-state index is 0.120. The van der Waals surface area contributed by atoms with Gasteiger partial charge in [-0.05, 0) is 47.7 Å². The van der Waals surface area contributed by atoms with Gasteiger partial charge >= 0.3 is 12.1 Å². The number of H-pyrrole nitrogens is 1. The van der Waals surface area contributed by atoms with E-state index >= 15 is 0 Å². The fourth-order valence-corrected chi connectivity index (χ4v) is 2.50. The molecule has 0 aliphatic heterocycles. The highest BCUT2D eigenvalue weighted by Crippen LogP contribution is 2.43. The van der Waals surface area contributed by atoms with Crippen molar-refractivity contribution in [3.63, 3.8) is 0 Å². The highest BCUT2D eigenvalue weighted by Gasteiger charge is 2.63. The van der Waals surface area contributed by atoms with Gasteiger partial charge in [-0.15, -0.1) is 0 Å². The van der Waals surface area contributed by atoms with E-state index in [0.717, 1.165) is 6.20 Å². The molecule has 1 atom stereocenters. The maximum Gasteiger partial charge on any atom is 0.432 e. The first kappa shape index (κ1) is 16.1. The lowest BCUT2D eigenvalue weighted by Crippen LogP contribution is -2.50. The molecule has 0 saturated carbocycles. The van der Waals surface area contributed by atoms with Crippen LogP contribution < -0.4 is 0 Å². The third-order valence-electron chi connectivity index (χ3n) is 3.01. The summed E-state index contributed by atoms with van der Waals surface area (Å²) in [6.07, 6.45) is -4.22. The summed E-state index contributed by atoms with van der Waals surface area (Å²) >= 11 is 1.93. The van der Waals surface area contributed by atoms with Gasteiger partial charge in [0.15, 0.2) is 0 Å². The van der Waals surface area contributed by atoms with Crippen LogP contribution in [0.1, 0.15) is 12.5 Å². The van der Waals surface area contributed by atoms with Crippen LogP contribution >= 0.6 is 22.6 Å². The predicted molar refractivity (Wildman–Crippen MR) is 77.6 cm³/mol. The SMILES string of the molecule is CCOC(=O)[C@@](O)(c1c[nH]c2ccc(I)cc12)C(F)(F)F. The van der Waals surface area contributed by atoms with Crippen LogP contribution in [0.2, 0.25) is 0 Å². The van der Waals surface area contributed by atoms with E-state index in [-0.39, 0.29) is 12.0 Å². The van der Waals surface area contributed by atoms with Crippen LogP contribution in [0.3, 0.4) is 0 Å². The third-order valence-corrected chi connectivity index (χ3v) is 3.69. The number of aromatic amines is 1. The predicted octanol–water partition coefficient (Wildman–Crippen LogP) is 3.09. The van der Waals surface area contributed by atoms with Crippen molar-refractivity contribution in [1.29, 1.82) is 0 Å². The number of ether oxygens (including phenoxy) is 1. The first-order valence-electron chi connectivity index (χ1n) is 5.95. The number of fused-ring (bicyclic) bond motifs is 1. The molecule has 1 heterocycles. The van der Waals surface area contributed by atoms with Crippen LogP contribution in [0.15, 0.2) is 24.4 Å². The highest BCUT2D eigenvalue weighted by atomic mass is 127. The Hall–Kier alpha value is -1.29. The van der Waals surface area contributed by atoms with Gasteiger partial charge in [0.05, 0.1) is 6.61 Å². The summed E-state index contributed by atoms with van der Waals surface area (Å²) in [6.45, 7) is 1.10. The van der Waals surface area contributed by atoms with E-state index in [1.54, 1.807) is 12.1 Å². The van der Waals surface area contributed by atoms with Gasteiger partial charge in [-0.25, -0.2) is 4.79 Å². The van der Waals surface area contributed by atoms with Gasteiger partial charge in [0, 0.05) is 26.2 Å². The van der Waals surface area contributed by atoms with E-state index in [4.69, 9.17) is 0 Å². The molecular formula is C13H11F3INO3. The largest absolute Gasteiger partial charge is 0.463 e. The Bertz CT molecular complexity index is 683. The van der Waals surface area contributed by atoms with Crippen molar-refractivity contribution in [2.75, 3.05) is 6.61 Å². The van der Waals surface area contributed by atoms with Crippen molar-refractivity contribution in [1.82, 2.24) is 4.98 Å². The van der Waals surface area contributed by atoms with Gasteiger partial charge < -0.3 is 14.8 Å². The standard InChI is InChI=1S/C13H11F3INO3/c1-2-21-11(19)12(20,13(14,15)16)9-6-18-10-4-3-7(17)5-8(9)10/h3-6,18,20H,2H2,1H3/t12-/m0/s1. The molecule has 2 N–H and O–H groups in total. The van der Waals surface area contributed by atoms with E-state index < -0.39 is 23.3 Å². The molecule has 21 heavy (non-hydrogen) atoms. The van der Waals surface area contributed by atoms with Gasteiger partial charge in [-0.2, -0.15) is 13.2 Å². The lowest BCUT2D eigenvalue weighted by molar-refractivity contribution is -0.267. The number of alkyl halides is 3. The first-order valence-corrected chi connectivity index (χ1v) is 7.03. The van der Waals surface area contributed by atoms with Gasteiger partial charge in [-0.3, -0.25) is 0 Å². The molecule has 0 bridgehead atoms. The van der Waals surface area contributed by atoms with Crippen molar-refractivity contribution in [2.45, 2.75) is 18.7 Å². The van der Waals surface area contributed by atoms with E-state index in [1.165, 1.54) is 13.0 Å². The number of halogens is 4. The molecule has 2 rings (SSSR count). The second-order valence-corrected chi connectivity index (χ2v) is 5.57. The number of carbonyl (C=O) groups is 1. The van der Waals surface area contributed by atoms with Gasteiger partial charge in [-0.1, -0.05) is 0 Å². The number of aliphatic hydroxyl groups is 1. The average molecular weight is 413 g/mol.